The van der Waals surface area contributed by atoms with Crippen LogP contribution in [0.2, 0.25) is 0 Å². The molecule has 2 aromatic rings. The zero-order chi connectivity index (χ0) is 17.7. The summed E-state index contributed by atoms with van der Waals surface area (Å²) < 4.78 is 0. The quantitative estimate of drug-likeness (QED) is 0.437. The summed E-state index contributed by atoms with van der Waals surface area (Å²) in [6.07, 6.45) is 5.38. The first kappa shape index (κ1) is 17.3. The van der Waals surface area contributed by atoms with Crippen molar-refractivity contribution in [3.8, 4) is 17.2 Å². The van der Waals surface area contributed by atoms with Crippen molar-refractivity contribution in [1.29, 1.82) is 0 Å². The minimum Gasteiger partial charge on any atom is -0.508 e. The number of rotatable bonds is 5. The van der Waals surface area contributed by atoms with E-state index >= 15 is 0 Å². The maximum absolute atomic E-state index is 12.1. The Balaban J connectivity index is 2.24. The van der Waals surface area contributed by atoms with Crippen molar-refractivity contribution in [2.75, 3.05) is 0 Å². The highest BCUT2D eigenvalue weighted by atomic mass is 16.3. The van der Waals surface area contributed by atoms with E-state index in [0.29, 0.717) is 23.1 Å². The van der Waals surface area contributed by atoms with E-state index in [1.807, 2.05) is 19.9 Å². The van der Waals surface area contributed by atoms with Gasteiger partial charge in [0, 0.05) is 17.2 Å². The molecule has 0 fully saturated rings. The van der Waals surface area contributed by atoms with Gasteiger partial charge in [0.1, 0.15) is 17.2 Å². The first-order valence-electron chi connectivity index (χ1n) is 7.56. The van der Waals surface area contributed by atoms with Crippen molar-refractivity contribution in [3.05, 3.63) is 70.8 Å². The van der Waals surface area contributed by atoms with Crippen LogP contribution >= 0.6 is 0 Å². The molecule has 4 heteroatoms. The second-order valence-electron chi connectivity index (χ2n) is 5.77. The highest BCUT2D eigenvalue weighted by Crippen LogP contribution is 2.29. The van der Waals surface area contributed by atoms with Gasteiger partial charge < -0.3 is 15.3 Å². The van der Waals surface area contributed by atoms with Crippen LogP contribution in [0.4, 0.5) is 0 Å². The minimum atomic E-state index is -0.242. The smallest absolute Gasteiger partial charge is 0.185 e. The van der Waals surface area contributed by atoms with Gasteiger partial charge in [0.15, 0.2) is 5.78 Å². The Morgan fingerprint density at radius 2 is 1.67 bits per heavy atom. The van der Waals surface area contributed by atoms with Crippen molar-refractivity contribution < 1.29 is 20.1 Å². The predicted molar refractivity (Wildman–Crippen MR) is 94.4 cm³/mol. The molecule has 124 valence electrons. The van der Waals surface area contributed by atoms with E-state index in [4.69, 9.17) is 0 Å². The number of carbonyl (C=O) groups excluding carboxylic acids is 1. The average Bonchev–Trinajstić information content (AvgIpc) is 2.53. The molecule has 0 spiro atoms. The van der Waals surface area contributed by atoms with E-state index in [-0.39, 0.29) is 23.0 Å². The van der Waals surface area contributed by atoms with Crippen LogP contribution in [0.15, 0.2) is 54.1 Å². The second kappa shape index (κ2) is 7.51. The normalized spacial score (nSPS) is 10.8. The van der Waals surface area contributed by atoms with Gasteiger partial charge >= 0.3 is 0 Å². The number of allylic oxidation sites excluding steroid dienone is 3. The van der Waals surface area contributed by atoms with Crippen LogP contribution < -0.4 is 0 Å². The molecule has 2 aromatic carbocycles. The zero-order valence-corrected chi connectivity index (χ0v) is 13.7. The highest BCUT2D eigenvalue weighted by molar-refractivity contribution is 6.07. The molecule has 0 amide bonds. The summed E-state index contributed by atoms with van der Waals surface area (Å²) in [5, 5.41) is 29.1. The van der Waals surface area contributed by atoms with E-state index in [1.54, 1.807) is 6.07 Å². The standard InChI is InChI=1S/C20H20O4/c1-13(2)3-4-15-11-16(20(24)12-19(15)23)7-10-18(22)14-5-8-17(21)9-6-14/h3,5-12,21,23-24H,4H2,1-2H3/b10-7+. The Hall–Kier alpha value is -3.01. The molecule has 0 aliphatic rings. The number of hydrogen-bond donors (Lipinski definition) is 3. The number of phenolic OH excluding ortho intramolecular Hbond substituents is 3. The van der Waals surface area contributed by atoms with Gasteiger partial charge in [0.05, 0.1) is 0 Å². The van der Waals surface area contributed by atoms with Crippen LogP contribution in [0.1, 0.15) is 35.3 Å². The van der Waals surface area contributed by atoms with Gasteiger partial charge in [0.25, 0.3) is 0 Å². The molecule has 24 heavy (non-hydrogen) atoms. The van der Waals surface area contributed by atoms with Crippen molar-refractivity contribution in [2.45, 2.75) is 20.3 Å². The molecule has 0 unspecified atom stereocenters. The number of phenols is 3. The lowest BCUT2D eigenvalue weighted by Crippen LogP contribution is -1.93. The maximum Gasteiger partial charge on any atom is 0.185 e. The third kappa shape index (κ3) is 4.49. The van der Waals surface area contributed by atoms with Crippen LogP contribution in [0.25, 0.3) is 6.08 Å². The average molecular weight is 324 g/mol. The van der Waals surface area contributed by atoms with Crippen LogP contribution in [0, 0.1) is 0 Å². The van der Waals surface area contributed by atoms with Crippen LogP contribution in [-0.4, -0.2) is 21.1 Å². The van der Waals surface area contributed by atoms with Crippen molar-refractivity contribution in [3.63, 3.8) is 0 Å². The summed E-state index contributed by atoms with van der Waals surface area (Å²) in [6.45, 7) is 3.93. The molecule has 0 aliphatic heterocycles. The van der Waals surface area contributed by atoms with Gasteiger partial charge in [-0.1, -0.05) is 11.6 Å². The zero-order valence-electron chi connectivity index (χ0n) is 13.7. The molecule has 0 saturated carbocycles. The van der Waals surface area contributed by atoms with Gasteiger partial charge in [-0.05, 0) is 68.3 Å². The molecule has 3 N–H and O–H groups in total. The van der Waals surface area contributed by atoms with Crippen LogP contribution in [0.3, 0.4) is 0 Å². The molecule has 4 nitrogen and oxygen atoms in total. The lowest BCUT2D eigenvalue weighted by Gasteiger charge is -2.06. The molecule has 0 aliphatic carbocycles. The van der Waals surface area contributed by atoms with Gasteiger partial charge in [-0.2, -0.15) is 0 Å². The number of benzene rings is 2. The topological polar surface area (TPSA) is 77.8 Å². The summed E-state index contributed by atoms with van der Waals surface area (Å²) >= 11 is 0. The summed E-state index contributed by atoms with van der Waals surface area (Å²) in [7, 11) is 0. The lowest BCUT2D eigenvalue weighted by molar-refractivity contribution is 0.104. The number of ketones is 1. The van der Waals surface area contributed by atoms with E-state index in [2.05, 4.69) is 0 Å². The lowest BCUT2D eigenvalue weighted by atomic mass is 10.0. The molecule has 0 heterocycles. The molecule has 0 saturated heterocycles. The number of carbonyl (C=O) groups is 1. The van der Waals surface area contributed by atoms with Crippen molar-refractivity contribution in [2.24, 2.45) is 0 Å². The van der Waals surface area contributed by atoms with Gasteiger partial charge in [-0.25, -0.2) is 0 Å². The summed E-state index contributed by atoms with van der Waals surface area (Å²) in [5.74, 6) is -0.223. The largest absolute Gasteiger partial charge is 0.508 e. The highest BCUT2D eigenvalue weighted by Gasteiger charge is 2.07. The monoisotopic (exact) mass is 324 g/mol. The predicted octanol–water partition coefficient (Wildman–Crippen LogP) is 4.21. The minimum absolute atomic E-state index is 0.0204. The molecular weight excluding hydrogens is 304 g/mol. The van der Waals surface area contributed by atoms with E-state index in [9.17, 15) is 20.1 Å². The molecule has 0 radical (unpaired) electrons. The maximum atomic E-state index is 12.1. The molecule has 0 aromatic heterocycles. The first-order valence-corrected chi connectivity index (χ1v) is 7.56. The van der Waals surface area contributed by atoms with Crippen molar-refractivity contribution in [1.82, 2.24) is 0 Å². The summed E-state index contributed by atoms with van der Waals surface area (Å²) in [5.41, 5.74) is 2.69. The fourth-order valence-electron chi connectivity index (χ4n) is 2.14. The van der Waals surface area contributed by atoms with Gasteiger partial charge in [-0.3, -0.25) is 4.79 Å². The van der Waals surface area contributed by atoms with E-state index < -0.39 is 0 Å². The Morgan fingerprint density at radius 1 is 1.00 bits per heavy atom. The molecule has 0 atom stereocenters. The number of hydrogen-bond acceptors (Lipinski definition) is 4. The SMILES string of the molecule is CC(C)=CCc1cc(/C=C/C(=O)c2ccc(O)cc2)c(O)cc1O. The Kier molecular flexibility index (Phi) is 5.42. The summed E-state index contributed by atoms with van der Waals surface area (Å²) in [4.78, 5) is 12.1. The fourth-order valence-corrected chi connectivity index (χ4v) is 2.14. The number of aromatic hydroxyl groups is 3. The first-order chi connectivity index (χ1) is 11.4. The van der Waals surface area contributed by atoms with Gasteiger partial charge in [-0.15, -0.1) is 0 Å². The van der Waals surface area contributed by atoms with Crippen molar-refractivity contribution >= 4 is 11.9 Å². The Bertz CT molecular complexity index is 795. The molecule has 0 bridgehead atoms. The third-order valence-electron chi connectivity index (χ3n) is 3.52. The Labute approximate surface area is 141 Å². The molecular formula is C20H20O4. The fraction of sp³-hybridized carbons (Fsp3) is 0.150. The third-order valence-corrected chi connectivity index (χ3v) is 3.52. The summed E-state index contributed by atoms with van der Waals surface area (Å²) in [6, 6.07) is 8.87. The molecule has 2 rings (SSSR count). The van der Waals surface area contributed by atoms with E-state index in [1.165, 1.54) is 42.5 Å². The second-order valence-corrected chi connectivity index (χ2v) is 5.77. The van der Waals surface area contributed by atoms with E-state index in [0.717, 1.165) is 5.57 Å². The Morgan fingerprint density at radius 3 is 2.29 bits per heavy atom. The van der Waals surface area contributed by atoms with Gasteiger partial charge in [0.2, 0.25) is 0 Å². The van der Waals surface area contributed by atoms with Crippen LogP contribution in [0.5, 0.6) is 17.2 Å². The van der Waals surface area contributed by atoms with Crippen LogP contribution in [-0.2, 0) is 6.42 Å².